The molecule has 0 aliphatic heterocycles. The highest BCUT2D eigenvalue weighted by Gasteiger charge is 2.51. The van der Waals surface area contributed by atoms with Gasteiger partial charge in [0.1, 0.15) is 0 Å². The van der Waals surface area contributed by atoms with Crippen molar-refractivity contribution in [3.8, 4) is 22.3 Å². The van der Waals surface area contributed by atoms with Gasteiger partial charge in [-0.15, -0.1) is 0 Å². The van der Waals surface area contributed by atoms with E-state index in [2.05, 4.69) is 193 Å². The van der Waals surface area contributed by atoms with Crippen LogP contribution in [0.3, 0.4) is 0 Å². The summed E-state index contributed by atoms with van der Waals surface area (Å²) in [5.41, 5.74) is 13.8. The Morgan fingerprint density at radius 2 is 0.760 bits per heavy atom. The van der Waals surface area contributed by atoms with Gasteiger partial charge in [-0.05, 0) is 113 Å². The Labute approximate surface area is 291 Å². The minimum atomic E-state index is -0.347. The lowest BCUT2D eigenvalue weighted by atomic mass is 9.70. The molecule has 0 aromatic heterocycles. The Balaban J connectivity index is 1.16. The molecule has 9 aromatic rings. The van der Waals surface area contributed by atoms with Crippen molar-refractivity contribution >= 4 is 49.4 Å². The van der Waals surface area contributed by atoms with Crippen LogP contribution in [-0.4, -0.2) is 0 Å². The normalized spacial score (nSPS) is 13.4. The minimum absolute atomic E-state index is 0.347. The van der Waals surface area contributed by atoms with Crippen LogP contribution < -0.4 is 4.90 Å². The quantitative estimate of drug-likeness (QED) is 0.175. The molecule has 2 aliphatic rings. The third kappa shape index (κ3) is 3.61. The maximum atomic E-state index is 2.43. The maximum Gasteiger partial charge on any atom is 0.0725 e. The molecule has 0 heterocycles. The molecule has 11 rings (SSSR count). The first-order chi connectivity index (χ1) is 24.8. The van der Waals surface area contributed by atoms with Crippen LogP contribution in [0.5, 0.6) is 0 Å². The molecule has 50 heavy (non-hydrogen) atoms. The number of nitrogens with zero attached hydrogens (tertiary/aromatic N) is 1. The zero-order chi connectivity index (χ0) is 32.8. The van der Waals surface area contributed by atoms with Gasteiger partial charge in [-0.1, -0.05) is 152 Å². The number of fused-ring (bicyclic) bond motifs is 15. The van der Waals surface area contributed by atoms with E-state index in [1.54, 1.807) is 0 Å². The summed E-state index contributed by atoms with van der Waals surface area (Å²) in [4.78, 5) is 2.42. The van der Waals surface area contributed by atoms with E-state index >= 15 is 0 Å². The molecule has 0 bridgehead atoms. The summed E-state index contributed by atoms with van der Waals surface area (Å²) in [6, 6.07) is 69.8. The van der Waals surface area contributed by atoms with Crippen molar-refractivity contribution in [1.82, 2.24) is 0 Å². The molecular formula is C49H31N. The first kappa shape index (κ1) is 27.5. The molecule has 0 atom stereocenters. The number of rotatable bonds is 3. The monoisotopic (exact) mass is 633 g/mol. The fraction of sp³-hybridized carbons (Fsp3) is 0.0204. The Hall–Kier alpha value is -6.44. The van der Waals surface area contributed by atoms with E-state index in [4.69, 9.17) is 0 Å². The van der Waals surface area contributed by atoms with Gasteiger partial charge in [0.15, 0.2) is 0 Å². The zero-order valence-electron chi connectivity index (χ0n) is 27.3. The van der Waals surface area contributed by atoms with Crippen molar-refractivity contribution in [3.63, 3.8) is 0 Å². The minimum Gasteiger partial charge on any atom is -0.310 e. The fourth-order valence-corrected chi connectivity index (χ4v) is 9.20. The standard InChI is InChI=1S/C49H31N/c1-2-13-34(14-3-1)50(35-25-22-33-24-27-38-37-15-5-4-12-32(37)23-28-39(38)43(33)30-35)36-26-29-48-44(31-36)42-18-8-11-21-47(42)49(48)45-19-9-6-16-40(45)41-17-7-10-20-46(41)49/h1-31H. The maximum absolute atomic E-state index is 2.43. The van der Waals surface area contributed by atoms with Crippen LogP contribution in [0.1, 0.15) is 22.3 Å². The molecule has 0 amide bonds. The van der Waals surface area contributed by atoms with Crippen LogP contribution in [0, 0.1) is 0 Å². The molecule has 1 nitrogen and oxygen atoms in total. The van der Waals surface area contributed by atoms with Gasteiger partial charge in [-0.3, -0.25) is 0 Å². The molecule has 1 spiro atoms. The van der Waals surface area contributed by atoms with E-state index in [0.29, 0.717) is 0 Å². The van der Waals surface area contributed by atoms with Crippen LogP contribution >= 0.6 is 0 Å². The van der Waals surface area contributed by atoms with E-state index < -0.39 is 0 Å². The van der Waals surface area contributed by atoms with Gasteiger partial charge >= 0.3 is 0 Å². The molecule has 0 N–H and O–H groups in total. The Morgan fingerprint density at radius 3 is 1.46 bits per heavy atom. The summed E-state index contributed by atoms with van der Waals surface area (Å²) in [6.45, 7) is 0. The van der Waals surface area contributed by atoms with E-state index in [1.807, 2.05) is 0 Å². The fourth-order valence-electron chi connectivity index (χ4n) is 9.20. The second-order valence-electron chi connectivity index (χ2n) is 13.6. The predicted molar refractivity (Wildman–Crippen MR) is 210 cm³/mol. The van der Waals surface area contributed by atoms with E-state index in [-0.39, 0.29) is 5.41 Å². The van der Waals surface area contributed by atoms with Crippen molar-refractivity contribution in [2.75, 3.05) is 4.90 Å². The Morgan fingerprint density at radius 1 is 0.280 bits per heavy atom. The lowest BCUT2D eigenvalue weighted by Gasteiger charge is -2.31. The molecule has 0 fully saturated rings. The molecule has 232 valence electrons. The Bertz CT molecular complexity index is 2780. The smallest absolute Gasteiger partial charge is 0.0725 e. The molecular weight excluding hydrogens is 603 g/mol. The largest absolute Gasteiger partial charge is 0.310 e. The zero-order valence-corrected chi connectivity index (χ0v) is 27.3. The highest BCUT2D eigenvalue weighted by Crippen LogP contribution is 2.63. The second kappa shape index (κ2) is 10.3. The van der Waals surface area contributed by atoms with Crippen LogP contribution in [0.25, 0.3) is 54.6 Å². The van der Waals surface area contributed by atoms with Crippen molar-refractivity contribution in [3.05, 3.63) is 210 Å². The van der Waals surface area contributed by atoms with E-state index in [9.17, 15) is 0 Å². The number of hydrogen-bond donors (Lipinski definition) is 0. The summed E-state index contributed by atoms with van der Waals surface area (Å²) in [6.07, 6.45) is 0. The van der Waals surface area contributed by atoms with Crippen molar-refractivity contribution in [1.29, 1.82) is 0 Å². The van der Waals surface area contributed by atoms with Gasteiger partial charge in [-0.2, -0.15) is 0 Å². The molecule has 0 unspecified atom stereocenters. The van der Waals surface area contributed by atoms with E-state index in [1.165, 1.54) is 76.8 Å². The van der Waals surface area contributed by atoms with Gasteiger partial charge in [-0.25, -0.2) is 0 Å². The van der Waals surface area contributed by atoms with Gasteiger partial charge in [0.25, 0.3) is 0 Å². The third-order valence-corrected chi connectivity index (χ3v) is 11.2. The van der Waals surface area contributed by atoms with Crippen molar-refractivity contribution in [2.24, 2.45) is 0 Å². The van der Waals surface area contributed by atoms with Crippen LogP contribution in [0.4, 0.5) is 17.1 Å². The van der Waals surface area contributed by atoms with Gasteiger partial charge < -0.3 is 4.90 Å². The lowest BCUT2D eigenvalue weighted by molar-refractivity contribution is 0.794. The van der Waals surface area contributed by atoms with Gasteiger partial charge in [0, 0.05) is 17.1 Å². The molecule has 2 aliphatic carbocycles. The summed E-state index contributed by atoms with van der Waals surface area (Å²) in [7, 11) is 0. The highest BCUT2D eigenvalue weighted by molar-refractivity contribution is 6.18. The molecule has 0 saturated heterocycles. The molecule has 0 radical (unpaired) electrons. The van der Waals surface area contributed by atoms with Gasteiger partial charge in [0.05, 0.1) is 5.41 Å². The van der Waals surface area contributed by atoms with Crippen LogP contribution in [-0.2, 0) is 5.41 Å². The second-order valence-corrected chi connectivity index (χ2v) is 13.6. The number of para-hydroxylation sites is 1. The van der Waals surface area contributed by atoms with Crippen molar-refractivity contribution < 1.29 is 0 Å². The SMILES string of the molecule is c1ccc(N(c2ccc3c(c2)-c2ccccc2C32c3ccccc3-c3ccccc32)c2ccc3ccc4c5ccccc5ccc4c3c2)cc1. The molecule has 0 saturated carbocycles. The third-order valence-electron chi connectivity index (χ3n) is 11.2. The van der Waals surface area contributed by atoms with Crippen LogP contribution in [0.15, 0.2) is 188 Å². The average molecular weight is 634 g/mol. The topological polar surface area (TPSA) is 3.24 Å². The summed E-state index contributed by atoms with van der Waals surface area (Å²) < 4.78 is 0. The van der Waals surface area contributed by atoms with Gasteiger partial charge in [0.2, 0.25) is 0 Å². The first-order valence-electron chi connectivity index (χ1n) is 17.4. The Kier molecular flexibility index (Phi) is 5.66. The molecule has 1 heteroatoms. The molecule has 9 aromatic carbocycles. The summed E-state index contributed by atoms with van der Waals surface area (Å²) in [5.74, 6) is 0. The van der Waals surface area contributed by atoms with Crippen molar-refractivity contribution in [2.45, 2.75) is 5.41 Å². The highest BCUT2D eigenvalue weighted by atomic mass is 15.1. The summed E-state index contributed by atoms with van der Waals surface area (Å²) >= 11 is 0. The average Bonchev–Trinajstić information content (AvgIpc) is 3.65. The number of benzene rings is 9. The summed E-state index contributed by atoms with van der Waals surface area (Å²) in [5, 5.41) is 7.63. The first-order valence-corrected chi connectivity index (χ1v) is 17.4. The predicted octanol–water partition coefficient (Wildman–Crippen LogP) is 13.0. The van der Waals surface area contributed by atoms with Crippen LogP contribution in [0.2, 0.25) is 0 Å². The van der Waals surface area contributed by atoms with E-state index in [0.717, 1.165) is 17.1 Å². The number of anilines is 3. The lowest BCUT2D eigenvalue weighted by Crippen LogP contribution is -2.25. The number of hydrogen-bond acceptors (Lipinski definition) is 1.